The van der Waals surface area contributed by atoms with Gasteiger partial charge in [-0.1, -0.05) is 6.08 Å². The molecule has 0 aliphatic carbocycles. The molecule has 4 nitrogen and oxygen atoms in total. The number of hydrogen-bond donors (Lipinski definition) is 1. The number of ether oxygens (including phenoxy) is 1. The molecule has 1 saturated heterocycles. The highest BCUT2D eigenvalue weighted by atomic mass is 16.5. The lowest BCUT2D eigenvalue weighted by molar-refractivity contribution is -0.0373. The molecular weight excluding hydrogens is 238 g/mol. The molecular formula is C15H23N3O. The van der Waals surface area contributed by atoms with Crippen molar-refractivity contribution in [2.75, 3.05) is 0 Å². The molecule has 3 unspecified atom stereocenters. The maximum absolute atomic E-state index is 6.05. The van der Waals surface area contributed by atoms with Gasteiger partial charge in [-0.25, -0.2) is 4.99 Å². The zero-order valence-corrected chi connectivity index (χ0v) is 11.7. The average Bonchev–Trinajstić information content (AvgIpc) is 2.96. The fraction of sp³-hybridized carbons (Fsp3) is 0.533. The van der Waals surface area contributed by atoms with Gasteiger partial charge in [0.05, 0.1) is 12.1 Å². The standard InChI is InChI=1S/C15H23N3O/c1-4-6-12-7-8-14(19-12)18-10-9-13(11(18)3)15(16)17-5-2/h4-5,9-12,14H,1,6-8,16H2,2-3H3/b15-13-,17-5?. The molecule has 0 aromatic rings. The van der Waals surface area contributed by atoms with Crippen molar-refractivity contribution in [3.05, 3.63) is 36.3 Å². The third kappa shape index (κ3) is 2.89. The molecule has 2 aliphatic rings. The van der Waals surface area contributed by atoms with Gasteiger partial charge in [-0.15, -0.1) is 6.58 Å². The number of rotatable bonds is 4. The fourth-order valence-corrected chi connectivity index (χ4v) is 2.72. The Hall–Kier alpha value is -1.55. The van der Waals surface area contributed by atoms with Gasteiger partial charge >= 0.3 is 0 Å². The van der Waals surface area contributed by atoms with E-state index in [0.717, 1.165) is 24.8 Å². The molecule has 19 heavy (non-hydrogen) atoms. The largest absolute Gasteiger partial charge is 0.383 e. The van der Waals surface area contributed by atoms with E-state index in [1.807, 2.05) is 19.1 Å². The van der Waals surface area contributed by atoms with Crippen LogP contribution in [0.1, 0.15) is 33.1 Å². The first kappa shape index (κ1) is 13.9. The summed E-state index contributed by atoms with van der Waals surface area (Å²) in [7, 11) is 0. The van der Waals surface area contributed by atoms with Crippen LogP contribution in [-0.2, 0) is 4.74 Å². The highest BCUT2D eigenvalue weighted by molar-refractivity contribution is 5.56. The van der Waals surface area contributed by atoms with Crippen molar-refractivity contribution >= 4 is 6.21 Å². The molecule has 104 valence electrons. The fourth-order valence-electron chi connectivity index (χ4n) is 2.72. The summed E-state index contributed by atoms with van der Waals surface area (Å²) in [5.41, 5.74) is 7.03. The summed E-state index contributed by atoms with van der Waals surface area (Å²) in [5.74, 6) is 0.592. The van der Waals surface area contributed by atoms with Gasteiger partial charge in [0.15, 0.2) is 0 Å². The molecule has 0 aromatic carbocycles. The molecule has 2 heterocycles. The quantitative estimate of drug-likeness (QED) is 0.625. The van der Waals surface area contributed by atoms with Crippen LogP contribution in [0.5, 0.6) is 0 Å². The Bertz CT molecular complexity index is 425. The van der Waals surface area contributed by atoms with E-state index in [0.29, 0.717) is 11.9 Å². The van der Waals surface area contributed by atoms with Crippen molar-refractivity contribution < 1.29 is 4.74 Å². The monoisotopic (exact) mass is 261 g/mol. The Morgan fingerprint density at radius 1 is 1.63 bits per heavy atom. The number of hydrogen-bond acceptors (Lipinski definition) is 4. The second kappa shape index (κ2) is 6.06. The van der Waals surface area contributed by atoms with E-state index in [9.17, 15) is 0 Å². The minimum absolute atomic E-state index is 0.145. The van der Waals surface area contributed by atoms with Gasteiger partial charge < -0.3 is 15.4 Å². The summed E-state index contributed by atoms with van der Waals surface area (Å²) in [4.78, 5) is 6.40. The minimum atomic E-state index is 0.145. The van der Waals surface area contributed by atoms with E-state index in [1.165, 1.54) is 0 Å². The lowest BCUT2D eigenvalue weighted by Crippen LogP contribution is -2.36. The van der Waals surface area contributed by atoms with Crippen LogP contribution >= 0.6 is 0 Å². The smallest absolute Gasteiger partial charge is 0.130 e. The number of nitrogens with two attached hydrogens (primary N) is 1. The Balaban J connectivity index is 2.03. The lowest BCUT2D eigenvalue weighted by atomic mass is 10.1. The van der Waals surface area contributed by atoms with Gasteiger partial charge in [0, 0.05) is 18.0 Å². The van der Waals surface area contributed by atoms with Gasteiger partial charge in [-0.3, -0.25) is 0 Å². The third-order valence-corrected chi connectivity index (χ3v) is 3.73. The van der Waals surface area contributed by atoms with Crippen molar-refractivity contribution in [1.82, 2.24) is 4.90 Å². The summed E-state index contributed by atoms with van der Waals surface area (Å²) >= 11 is 0. The Labute approximate surface area is 115 Å². The van der Waals surface area contributed by atoms with Crippen molar-refractivity contribution in [3.8, 4) is 0 Å². The lowest BCUT2D eigenvalue weighted by Gasteiger charge is -2.29. The van der Waals surface area contributed by atoms with Crippen LogP contribution in [0.3, 0.4) is 0 Å². The summed E-state index contributed by atoms with van der Waals surface area (Å²) in [5, 5.41) is 0. The molecule has 0 aromatic heterocycles. The molecule has 0 spiro atoms. The zero-order chi connectivity index (χ0) is 13.8. The molecule has 0 saturated carbocycles. The zero-order valence-electron chi connectivity index (χ0n) is 11.7. The SMILES string of the molecule is C=CCC1CCC(N2C=C/C(=C(\N)N=CC)C2C)O1. The van der Waals surface area contributed by atoms with Crippen molar-refractivity contribution in [2.45, 2.75) is 51.5 Å². The average molecular weight is 261 g/mol. The van der Waals surface area contributed by atoms with Crippen LogP contribution in [0.25, 0.3) is 0 Å². The number of aliphatic imine (C=N–C) groups is 1. The molecule has 3 atom stereocenters. The van der Waals surface area contributed by atoms with Crippen LogP contribution in [-0.4, -0.2) is 29.5 Å². The van der Waals surface area contributed by atoms with Crippen LogP contribution in [0.4, 0.5) is 0 Å². The molecule has 2 aliphatic heterocycles. The van der Waals surface area contributed by atoms with Gasteiger partial charge in [0.25, 0.3) is 0 Å². The first-order valence-electron chi connectivity index (χ1n) is 6.87. The third-order valence-electron chi connectivity index (χ3n) is 3.73. The molecule has 1 fully saturated rings. The van der Waals surface area contributed by atoms with Crippen LogP contribution in [0, 0.1) is 0 Å². The molecule has 4 heteroatoms. The van der Waals surface area contributed by atoms with Gasteiger partial charge in [0.2, 0.25) is 0 Å². The van der Waals surface area contributed by atoms with E-state index in [2.05, 4.69) is 29.6 Å². The van der Waals surface area contributed by atoms with E-state index < -0.39 is 0 Å². The van der Waals surface area contributed by atoms with Gasteiger partial charge in [-0.2, -0.15) is 0 Å². The summed E-state index contributed by atoms with van der Waals surface area (Å²) in [6, 6.07) is 0.219. The summed E-state index contributed by atoms with van der Waals surface area (Å²) in [6.07, 6.45) is 11.3. The molecule has 0 radical (unpaired) electrons. The van der Waals surface area contributed by atoms with Crippen LogP contribution in [0.15, 0.2) is 41.3 Å². The maximum atomic E-state index is 6.05. The first-order valence-corrected chi connectivity index (χ1v) is 6.87. The van der Waals surface area contributed by atoms with Crippen molar-refractivity contribution in [2.24, 2.45) is 10.7 Å². The second-order valence-corrected chi connectivity index (χ2v) is 4.98. The normalized spacial score (nSPS) is 33.4. The van der Waals surface area contributed by atoms with E-state index in [1.54, 1.807) is 6.21 Å². The Morgan fingerprint density at radius 2 is 2.42 bits per heavy atom. The van der Waals surface area contributed by atoms with E-state index >= 15 is 0 Å². The first-order chi connectivity index (χ1) is 9.17. The van der Waals surface area contributed by atoms with Crippen LogP contribution in [0.2, 0.25) is 0 Å². The summed E-state index contributed by atoms with van der Waals surface area (Å²) in [6.45, 7) is 7.78. The number of nitrogens with zero attached hydrogens (tertiary/aromatic N) is 2. The van der Waals surface area contributed by atoms with Gasteiger partial charge in [-0.05, 0) is 39.2 Å². The highest BCUT2D eigenvalue weighted by Crippen LogP contribution is 2.32. The van der Waals surface area contributed by atoms with Crippen molar-refractivity contribution in [3.63, 3.8) is 0 Å². The molecule has 2 N–H and O–H groups in total. The Kier molecular flexibility index (Phi) is 4.43. The topological polar surface area (TPSA) is 50.8 Å². The molecule has 0 bridgehead atoms. The molecule has 2 rings (SSSR count). The van der Waals surface area contributed by atoms with Crippen molar-refractivity contribution in [1.29, 1.82) is 0 Å². The van der Waals surface area contributed by atoms with Crippen LogP contribution < -0.4 is 5.73 Å². The predicted octanol–water partition coefficient (Wildman–Crippen LogP) is 2.55. The second-order valence-electron chi connectivity index (χ2n) is 4.98. The Morgan fingerprint density at radius 3 is 3.11 bits per heavy atom. The summed E-state index contributed by atoms with van der Waals surface area (Å²) < 4.78 is 6.05. The minimum Gasteiger partial charge on any atom is -0.383 e. The molecule has 0 amide bonds. The van der Waals surface area contributed by atoms with Gasteiger partial charge in [0.1, 0.15) is 12.0 Å². The predicted molar refractivity (Wildman–Crippen MR) is 78.5 cm³/mol. The van der Waals surface area contributed by atoms with E-state index in [-0.39, 0.29) is 12.3 Å². The highest BCUT2D eigenvalue weighted by Gasteiger charge is 2.33. The van der Waals surface area contributed by atoms with E-state index in [4.69, 9.17) is 10.5 Å². The maximum Gasteiger partial charge on any atom is 0.130 e.